The van der Waals surface area contributed by atoms with Gasteiger partial charge in [0, 0.05) is 28.7 Å². The zero-order valence-corrected chi connectivity index (χ0v) is 11.1. The molecule has 1 amide bonds. The van der Waals surface area contributed by atoms with E-state index in [-0.39, 0.29) is 11.8 Å². The second-order valence-corrected chi connectivity index (χ2v) is 4.32. The minimum Gasteiger partial charge on any atom is -0.338 e. The molecule has 0 heterocycles. The van der Waals surface area contributed by atoms with Gasteiger partial charge < -0.3 is 4.90 Å². The van der Waals surface area contributed by atoms with Crippen molar-refractivity contribution in [1.82, 2.24) is 4.90 Å². The first-order chi connectivity index (χ1) is 7.60. The van der Waals surface area contributed by atoms with E-state index in [1.54, 1.807) is 23.1 Å². The van der Waals surface area contributed by atoms with Crippen molar-refractivity contribution < 1.29 is 4.79 Å². The molecule has 0 aliphatic carbocycles. The Morgan fingerprint density at radius 1 is 1.31 bits per heavy atom. The summed E-state index contributed by atoms with van der Waals surface area (Å²) in [6, 6.07) is 5.28. The summed E-state index contributed by atoms with van der Waals surface area (Å²) in [6.07, 6.45) is 0. The fourth-order valence-corrected chi connectivity index (χ4v) is 2.02. The summed E-state index contributed by atoms with van der Waals surface area (Å²) in [5.74, 6) is -0.157. The molecule has 0 spiro atoms. The van der Waals surface area contributed by atoms with Crippen LogP contribution in [0.25, 0.3) is 0 Å². The Balaban J connectivity index is 2.90. The Kier molecular flexibility index (Phi) is 5.39. The maximum absolute atomic E-state index is 11.5. The van der Waals surface area contributed by atoms with Gasteiger partial charge in [0.15, 0.2) is 0 Å². The van der Waals surface area contributed by atoms with Gasteiger partial charge in [-0.2, -0.15) is 0 Å². The molecular weight excluding hydrogens is 268 g/mol. The normalized spacial score (nSPS) is 10.2. The second kappa shape index (κ2) is 6.33. The first-order valence-corrected chi connectivity index (χ1v) is 6.15. The van der Waals surface area contributed by atoms with Crippen LogP contribution in [0.15, 0.2) is 18.2 Å². The number of rotatable bonds is 4. The van der Waals surface area contributed by atoms with Crippen LogP contribution in [0, 0.1) is 0 Å². The highest BCUT2D eigenvalue weighted by Gasteiger charge is 2.14. The second-order valence-electron chi connectivity index (χ2n) is 3.24. The molecule has 88 valence electrons. The number of hydrogen-bond donors (Lipinski definition) is 0. The van der Waals surface area contributed by atoms with E-state index < -0.39 is 0 Å². The predicted molar refractivity (Wildman–Crippen MR) is 68.3 cm³/mol. The van der Waals surface area contributed by atoms with Crippen molar-refractivity contribution in [1.29, 1.82) is 0 Å². The van der Waals surface area contributed by atoms with E-state index in [1.165, 1.54) is 0 Å². The van der Waals surface area contributed by atoms with Crippen molar-refractivity contribution in [2.45, 2.75) is 13.5 Å². The minimum absolute atomic E-state index is 0.0318. The molecule has 0 N–H and O–H groups in total. The van der Waals surface area contributed by atoms with Crippen LogP contribution in [0.1, 0.15) is 12.5 Å². The molecule has 0 unspecified atom stereocenters. The van der Waals surface area contributed by atoms with Gasteiger partial charge >= 0.3 is 0 Å². The van der Waals surface area contributed by atoms with Crippen molar-refractivity contribution in [2.75, 3.05) is 12.4 Å². The summed E-state index contributed by atoms with van der Waals surface area (Å²) in [4.78, 5) is 13.1. The largest absolute Gasteiger partial charge is 0.338 e. The summed E-state index contributed by atoms with van der Waals surface area (Å²) in [6.45, 7) is 2.85. The third-order valence-corrected chi connectivity index (χ3v) is 3.20. The Labute approximate surface area is 110 Å². The fraction of sp³-hybridized carbons (Fsp3) is 0.364. The molecule has 2 nitrogen and oxygen atoms in total. The number of halogens is 3. The third kappa shape index (κ3) is 3.27. The van der Waals surface area contributed by atoms with Crippen LogP contribution in [0.4, 0.5) is 0 Å². The van der Waals surface area contributed by atoms with E-state index in [0.717, 1.165) is 5.56 Å². The van der Waals surface area contributed by atoms with Gasteiger partial charge in [-0.25, -0.2) is 0 Å². The van der Waals surface area contributed by atoms with Gasteiger partial charge in [-0.05, 0) is 19.1 Å². The van der Waals surface area contributed by atoms with Crippen molar-refractivity contribution >= 4 is 40.7 Å². The maximum atomic E-state index is 11.5. The summed E-state index contributed by atoms with van der Waals surface area (Å²) < 4.78 is 0. The van der Waals surface area contributed by atoms with Crippen LogP contribution in [0.5, 0.6) is 0 Å². The van der Waals surface area contributed by atoms with E-state index in [0.29, 0.717) is 23.1 Å². The van der Waals surface area contributed by atoms with Gasteiger partial charge in [-0.15, -0.1) is 11.6 Å². The summed E-state index contributed by atoms with van der Waals surface area (Å²) in [5, 5.41) is 1.13. The maximum Gasteiger partial charge on any atom is 0.237 e. The van der Waals surface area contributed by atoms with E-state index >= 15 is 0 Å². The van der Waals surface area contributed by atoms with Crippen molar-refractivity contribution in [2.24, 2.45) is 0 Å². The molecule has 0 saturated carbocycles. The van der Waals surface area contributed by atoms with Crippen molar-refractivity contribution in [3.05, 3.63) is 33.8 Å². The Hall–Kier alpha value is -0.440. The first kappa shape index (κ1) is 13.6. The Morgan fingerprint density at radius 3 is 2.31 bits per heavy atom. The highest BCUT2D eigenvalue weighted by atomic mass is 35.5. The molecule has 1 aromatic carbocycles. The topological polar surface area (TPSA) is 20.3 Å². The Bertz CT molecular complexity index is 361. The first-order valence-electron chi connectivity index (χ1n) is 4.86. The minimum atomic E-state index is -0.125. The highest BCUT2D eigenvalue weighted by Crippen LogP contribution is 2.25. The summed E-state index contributed by atoms with van der Waals surface area (Å²) in [5.41, 5.74) is 0.756. The molecule has 0 atom stereocenters. The van der Waals surface area contributed by atoms with E-state index in [9.17, 15) is 4.79 Å². The molecule has 0 radical (unpaired) electrons. The monoisotopic (exact) mass is 279 g/mol. The van der Waals surface area contributed by atoms with Crippen LogP contribution < -0.4 is 0 Å². The van der Waals surface area contributed by atoms with Crippen molar-refractivity contribution in [3.8, 4) is 0 Å². The van der Waals surface area contributed by atoms with Gasteiger partial charge in [0.25, 0.3) is 0 Å². The molecule has 1 rings (SSSR count). The number of amides is 1. The molecule has 0 bridgehead atoms. The quantitative estimate of drug-likeness (QED) is 0.772. The Morgan fingerprint density at radius 2 is 1.88 bits per heavy atom. The van der Waals surface area contributed by atoms with Crippen LogP contribution in [0.3, 0.4) is 0 Å². The number of alkyl halides is 1. The molecule has 1 aromatic rings. The fourth-order valence-electron chi connectivity index (χ4n) is 1.34. The standard InChI is InChI=1S/C11H12Cl3NO/c1-2-15(11(16)6-12)7-8-9(13)4-3-5-10(8)14/h3-5H,2,6-7H2,1H3. The number of nitrogens with zero attached hydrogens (tertiary/aromatic N) is 1. The lowest BCUT2D eigenvalue weighted by molar-refractivity contribution is -0.128. The lowest BCUT2D eigenvalue weighted by Gasteiger charge is -2.21. The van der Waals surface area contributed by atoms with Crippen molar-refractivity contribution in [3.63, 3.8) is 0 Å². The zero-order valence-electron chi connectivity index (χ0n) is 8.84. The number of carbonyl (C=O) groups excluding carboxylic acids is 1. The van der Waals surface area contributed by atoms with Gasteiger partial charge in [-0.1, -0.05) is 29.3 Å². The summed E-state index contributed by atoms with van der Waals surface area (Å²) >= 11 is 17.6. The van der Waals surface area contributed by atoms with Crippen LogP contribution in [0.2, 0.25) is 10.0 Å². The molecule has 0 saturated heterocycles. The average molecular weight is 281 g/mol. The van der Waals surface area contributed by atoms with E-state index in [4.69, 9.17) is 34.8 Å². The molecule has 0 aliphatic rings. The number of hydrogen-bond acceptors (Lipinski definition) is 1. The molecule has 16 heavy (non-hydrogen) atoms. The zero-order chi connectivity index (χ0) is 12.1. The van der Waals surface area contributed by atoms with Gasteiger partial charge in [0.2, 0.25) is 5.91 Å². The number of benzene rings is 1. The van der Waals surface area contributed by atoms with E-state index in [1.807, 2.05) is 6.92 Å². The molecule has 5 heteroatoms. The van der Waals surface area contributed by atoms with Gasteiger partial charge in [0.1, 0.15) is 5.88 Å². The van der Waals surface area contributed by atoms with Gasteiger partial charge in [-0.3, -0.25) is 4.79 Å². The third-order valence-electron chi connectivity index (χ3n) is 2.26. The summed E-state index contributed by atoms with van der Waals surface area (Å²) in [7, 11) is 0. The molecule has 0 aromatic heterocycles. The van der Waals surface area contributed by atoms with Crippen LogP contribution >= 0.6 is 34.8 Å². The molecule has 0 aliphatic heterocycles. The lowest BCUT2D eigenvalue weighted by atomic mass is 10.2. The number of carbonyl (C=O) groups is 1. The van der Waals surface area contributed by atoms with Crippen LogP contribution in [-0.4, -0.2) is 23.2 Å². The van der Waals surface area contributed by atoms with E-state index in [2.05, 4.69) is 0 Å². The molecule has 0 fully saturated rings. The van der Waals surface area contributed by atoms with Crippen LogP contribution in [-0.2, 0) is 11.3 Å². The van der Waals surface area contributed by atoms with Gasteiger partial charge in [0.05, 0.1) is 0 Å². The predicted octanol–water partition coefficient (Wildman–Crippen LogP) is 3.58. The smallest absolute Gasteiger partial charge is 0.237 e. The highest BCUT2D eigenvalue weighted by molar-refractivity contribution is 6.36. The molecular formula is C11H12Cl3NO. The average Bonchev–Trinajstić information content (AvgIpc) is 2.28. The SMILES string of the molecule is CCN(Cc1c(Cl)cccc1Cl)C(=O)CCl. The lowest BCUT2D eigenvalue weighted by Crippen LogP contribution is -2.31.